The van der Waals surface area contributed by atoms with E-state index in [1.807, 2.05) is 20.0 Å². The highest BCUT2D eigenvalue weighted by molar-refractivity contribution is 5.95. The van der Waals surface area contributed by atoms with Crippen LogP contribution in [0.15, 0.2) is 6.07 Å². The first kappa shape index (κ1) is 15.9. The number of anilines is 1. The summed E-state index contributed by atoms with van der Waals surface area (Å²) < 4.78 is 6.97. The number of hydrogen-bond donors (Lipinski definition) is 2. The molecule has 1 aliphatic heterocycles. The van der Waals surface area contributed by atoms with Gasteiger partial charge in [0.15, 0.2) is 0 Å². The molecule has 0 saturated carbocycles. The molecule has 7 heteroatoms. The lowest BCUT2D eigenvalue weighted by Crippen LogP contribution is -2.46. The van der Waals surface area contributed by atoms with Gasteiger partial charge in [0.2, 0.25) is 5.91 Å². The van der Waals surface area contributed by atoms with Crippen LogP contribution in [0.3, 0.4) is 0 Å². The van der Waals surface area contributed by atoms with Gasteiger partial charge in [-0.3, -0.25) is 9.48 Å². The summed E-state index contributed by atoms with van der Waals surface area (Å²) in [5.41, 5.74) is 6.17. The van der Waals surface area contributed by atoms with Gasteiger partial charge in [-0.05, 0) is 19.8 Å². The van der Waals surface area contributed by atoms with Crippen molar-refractivity contribution < 1.29 is 9.53 Å². The number of aryl methyl sites for hydroxylation is 2. The Morgan fingerprint density at radius 3 is 2.68 bits per heavy atom. The first-order chi connectivity index (χ1) is 8.57. The number of carbonyl (C=O) groups excluding carboxylic acids is 1. The Hall–Kier alpha value is -1.11. The lowest BCUT2D eigenvalue weighted by atomic mass is 9.79. The van der Waals surface area contributed by atoms with Crippen LogP contribution in [0.4, 0.5) is 5.82 Å². The van der Waals surface area contributed by atoms with Crippen LogP contribution in [-0.4, -0.2) is 35.4 Å². The quantitative estimate of drug-likeness (QED) is 0.864. The largest absolute Gasteiger partial charge is 0.381 e. The Labute approximate surface area is 119 Å². The standard InChI is InChI=1S/C12H20N4O2.ClH/c1-9-7-10(16(2)15-9)14-11(17)12(8-13)3-5-18-6-4-12;/h7H,3-6,8,13H2,1-2H3,(H,14,17);1H. The maximum absolute atomic E-state index is 12.4. The number of halogens is 1. The monoisotopic (exact) mass is 288 g/mol. The number of nitrogens with one attached hydrogen (secondary N) is 1. The molecule has 108 valence electrons. The van der Waals surface area contributed by atoms with Crippen molar-refractivity contribution in [1.29, 1.82) is 0 Å². The molecular weight excluding hydrogens is 268 g/mol. The van der Waals surface area contributed by atoms with Crippen LogP contribution in [0.25, 0.3) is 0 Å². The van der Waals surface area contributed by atoms with Gasteiger partial charge in [0.05, 0.1) is 11.1 Å². The molecule has 1 fully saturated rings. The van der Waals surface area contributed by atoms with Crippen LogP contribution in [0, 0.1) is 12.3 Å². The van der Waals surface area contributed by atoms with Crippen molar-refractivity contribution in [3.05, 3.63) is 11.8 Å². The molecule has 0 radical (unpaired) electrons. The molecule has 19 heavy (non-hydrogen) atoms. The van der Waals surface area contributed by atoms with Gasteiger partial charge in [-0.1, -0.05) is 0 Å². The van der Waals surface area contributed by atoms with Crippen LogP contribution in [0.5, 0.6) is 0 Å². The summed E-state index contributed by atoms with van der Waals surface area (Å²) in [5, 5.41) is 7.12. The molecule has 1 amide bonds. The van der Waals surface area contributed by atoms with Crippen molar-refractivity contribution in [2.24, 2.45) is 18.2 Å². The molecule has 0 spiro atoms. The predicted octanol–water partition coefficient (Wildman–Crippen LogP) is 0.844. The van der Waals surface area contributed by atoms with Crippen molar-refractivity contribution in [2.75, 3.05) is 25.1 Å². The van der Waals surface area contributed by atoms with Crippen LogP contribution >= 0.6 is 12.4 Å². The van der Waals surface area contributed by atoms with E-state index < -0.39 is 5.41 Å². The van der Waals surface area contributed by atoms with Gasteiger partial charge in [0.1, 0.15) is 5.82 Å². The summed E-state index contributed by atoms with van der Waals surface area (Å²) in [6, 6.07) is 1.85. The van der Waals surface area contributed by atoms with Crippen molar-refractivity contribution in [3.63, 3.8) is 0 Å². The molecular formula is C12H21ClN4O2. The molecule has 1 aliphatic rings. The van der Waals surface area contributed by atoms with E-state index in [1.54, 1.807) is 4.68 Å². The molecule has 0 atom stereocenters. The normalized spacial score (nSPS) is 17.6. The fourth-order valence-corrected chi connectivity index (χ4v) is 2.26. The van der Waals surface area contributed by atoms with E-state index in [1.165, 1.54) is 0 Å². The summed E-state index contributed by atoms with van der Waals surface area (Å²) in [6.07, 6.45) is 1.35. The number of carbonyl (C=O) groups is 1. The fraction of sp³-hybridized carbons (Fsp3) is 0.667. The van der Waals surface area contributed by atoms with Gasteiger partial charge in [-0.25, -0.2) is 0 Å². The van der Waals surface area contributed by atoms with E-state index in [0.717, 1.165) is 5.69 Å². The number of amides is 1. The Morgan fingerprint density at radius 2 is 2.21 bits per heavy atom. The highest BCUT2D eigenvalue weighted by Gasteiger charge is 2.39. The summed E-state index contributed by atoms with van der Waals surface area (Å²) in [7, 11) is 1.81. The minimum Gasteiger partial charge on any atom is -0.381 e. The SMILES string of the molecule is Cc1cc(NC(=O)C2(CN)CCOCC2)n(C)n1.Cl. The first-order valence-electron chi connectivity index (χ1n) is 6.17. The molecule has 1 aromatic heterocycles. The molecule has 3 N–H and O–H groups in total. The summed E-state index contributed by atoms with van der Waals surface area (Å²) in [5.74, 6) is 0.674. The van der Waals surface area contributed by atoms with Crippen LogP contribution in [0.1, 0.15) is 18.5 Å². The number of rotatable bonds is 3. The van der Waals surface area contributed by atoms with Crippen molar-refractivity contribution >= 4 is 24.1 Å². The Morgan fingerprint density at radius 1 is 1.58 bits per heavy atom. The van der Waals surface area contributed by atoms with Crippen LogP contribution in [-0.2, 0) is 16.6 Å². The molecule has 0 bridgehead atoms. The molecule has 1 aromatic rings. The van der Waals surface area contributed by atoms with Gasteiger partial charge in [0.25, 0.3) is 0 Å². The molecule has 0 aliphatic carbocycles. The molecule has 0 aromatic carbocycles. The second-order valence-electron chi connectivity index (χ2n) is 4.85. The number of ether oxygens (including phenoxy) is 1. The fourth-order valence-electron chi connectivity index (χ4n) is 2.26. The van der Waals surface area contributed by atoms with Crippen molar-refractivity contribution in [2.45, 2.75) is 19.8 Å². The van der Waals surface area contributed by atoms with Gasteiger partial charge in [-0.2, -0.15) is 5.10 Å². The summed E-state index contributed by atoms with van der Waals surface area (Å²) >= 11 is 0. The molecule has 2 heterocycles. The Bertz CT molecular complexity index is 441. The number of hydrogen-bond acceptors (Lipinski definition) is 4. The van der Waals surface area contributed by atoms with Crippen molar-refractivity contribution in [3.8, 4) is 0 Å². The third-order valence-electron chi connectivity index (χ3n) is 3.57. The number of nitrogens with two attached hydrogens (primary N) is 1. The Balaban J connectivity index is 0.00000180. The minimum absolute atomic E-state index is 0. The Kier molecular flexibility index (Phi) is 5.34. The average Bonchev–Trinajstić information content (AvgIpc) is 2.68. The second-order valence-corrected chi connectivity index (χ2v) is 4.85. The lowest BCUT2D eigenvalue weighted by Gasteiger charge is -2.34. The summed E-state index contributed by atoms with van der Waals surface area (Å²) in [6.45, 7) is 3.42. The minimum atomic E-state index is -0.504. The third-order valence-corrected chi connectivity index (χ3v) is 3.57. The van der Waals surface area contributed by atoms with Crippen molar-refractivity contribution in [1.82, 2.24) is 9.78 Å². The van der Waals surface area contributed by atoms with E-state index >= 15 is 0 Å². The second kappa shape index (κ2) is 6.36. The highest BCUT2D eigenvalue weighted by Crippen LogP contribution is 2.30. The van der Waals surface area contributed by atoms with E-state index in [2.05, 4.69) is 10.4 Å². The van der Waals surface area contributed by atoms with Gasteiger partial charge in [0, 0.05) is 32.9 Å². The molecule has 6 nitrogen and oxygen atoms in total. The molecule has 2 rings (SSSR count). The maximum Gasteiger partial charge on any atom is 0.233 e. The van der Waals surface area contributed by atoms with E-state index in [0.29, 0.717) is 38.4 Å². The van der Waals surface area contributed by atoms with Gasteiger partial charge >= 0.3 is 0 Å². The van der Waals surface area contributed by atoms with Gasteiger partial charge < -0.3 is 15.8 Å². The topological polar surface area (TPSA) is 82.2 Å². The third kappa shape index (κ3) is 3.26. The number of aromatic nitrogens is 2. The molecule has 0 unspecified atom stereocenters. The zero-order chi connectivity index (χ0) is 13.2. The smallest absolute Gasteiger partial charge is 0.233 e. The summed E-state index contributed by atoms with van der Waals surface area (Å²) in [4.78, 5) is 12.4. The molecule has 1 saturated heterocycles. The highest BCUT2D eigenvalue weighted by atomic mass is 35.5. The van der Waals surface area contributed by atoms with Crippen LogP contribution in [0.2, 0.25) is 0 Å². The van der Waals surface area contributed by atoms with Crippen LogP contribution < -0.4 is 11.1 Å². The average molecular weight is 289 g/mol. The predicted molar refractivity (Wildman–Crippen MR) is 75.4 cm³/mol. The zero-order valence-corrected chi connectivity index (χ0v) is 12.1. The lowest BCUT2D eigenvalue weighted by molar-refractivity contribution is -0.130. The van der Waals surface area contributed by atoms with E-state index in [9.17, 15) is 4.79 Å². The zero-order valence-electron chi connectivity index (χ0n) is 11.3. The van der Waals surface area contributed by atoms with E-state index in [-0.39, 0.29) is 18.3 Å². The maximum atomic E-state index is 12.4. The number of nitrogens with zero attached hydrogens (tertiary/aromatic N) is 2. The van der Waals surface area contributed by atoms with Gasteiger partial charge in [-0.15, -0.1) is 12.4 Å². The first-order valence-corrected chi connectivity index (χ1v) is 6.17. The van der Waals surface area contributed by atoms with E-state index in [4.69, 9.17) is 10.5 Å².